The molecule has 0 radical (unpaired) electrons. The Bertz CT molecular complexity index is 403. The second-order valence-corrected chi connectivity index (χ2v) is 5.30. The highest BCUT2D eigenvalue weighted by Gasteiger charge is 2.14. The Morgan fingerprint density at radius 2 is 1.74 bits per heavy atom. The van der Waals surface area contributed by atoms with E-state index >= 15 is 0 Å². The minimum absolute atomic E-state index is 0.465. The van der Waals surface area contributed by atoms with Gasteiger partial charge in [0.2, 0.25) is 0 Å². The van der Waals surface area contributed by atoms with Gasteiger partial charge in [-0.25, -0.2) is 0 Å². The Balaban J connectivity index is 2.80. The zero-order valence-electron chi connectivity index (χ0n) is 12.5. The molecular formula is C17H25NO. The molecule has 0 heterocycles. The largest absolute Gasteiger partial charge is 0.492 e. The number of hydrogen-bond donors (Lipinski definition) is 1. The van der Waals surface area contributed by atoms with E-state index < -0.39 is 0 Å². The van der Waals surface area contributed by atoms with Crippen LogP contribution in [-0.2, 0) is 0 Å². The van der Waals surface area contributed by atoms with E-state index in [4.69, 9.17) is 11.2 Å². The maximum absolute atomic E-state index is 6.01. The molecule has 2 heteroatoms. The van der Waals surface area contributed by atoms with Crippen molar-refractivity contribution in [1.29, 1.82) is 0 Å². The normalized spacial score (nSPS) is 10.8. The molecule has 0 spiro atoms. The summed E-state index contributed by atoms with van der Waals surface area (Å²) < 4.78 is 6.01. The Morgan fingerprint density at radius 3 is 2.21 bits per heavy atom. The number of rotatable bonds is 7. The van der Waals surface area contributed by atoms with Crippen molar-refractivity contribution in [1.82, 2.24) is 5.32 Å². The topological polar surface area (TPSA) is 21.3 Å². The molecule has 19 heavy (non-hydrogen) atoms. The SMILES string of the molecule is C#CCNCCOc1c(C(C)C)cccc1C(C)C. The average Bonchev–Trinajstić information content (AvgIpc) is 2.38. The maximum Gasteiger partial charge on any atom is 0.126 e. The van der Waals surface area contributed by atoms with Gasteiger partial charge in [0.15, 0.2) is 0 Å². The molecule has 1 aromatic carbocycles. The van der Waals surface area contributed by atoms with E-state index in [1.165, 1.54) is 11.1 Å². The zero-order chi connectivity index (χ0) is 14.3. The molecule has 0 bridgehead atoms. The van der Waals surface area contributed by atoms with Gasteiger partial charge in [-0.3, -0.25) is 0 Å². The molecule has 0 saturated heterocycles. The minimum Gasteiger partial charge on any atom is -0.492 e. The third-order valence-electron chi connectivity index (χ3n) is 3.07. The minimum atomic E-state index is 0.465. The fraction of sp³-hybridized carbons (Fsp3) is 0.529. The van der Waals surface area contributed by atoms with E-state index in [1.807, 2.05) is 0 Å². The van der Waals surface area contributed by atoms with E-state index in [-0.39, 0.29) is 0 Å². The van der Waals surface area contributed by atoms with Gasteiger partial charge in [-0.2, -0.15) is 0 Å². The van der Waals surface area contributed by atoms with E-state index in [9.17, 15) is 0 Å². The first-order valence-corrected chi connectivity index (χ1v) is 6.97. The van der Waals surface area contributed by atoms with Gasteiger partial charge in [0, 0.05) is 6.54 Å². The van der Waals surface area contributed by atoms with Crippen LogP contribution in [0.2, 0.25) is 0 Å². The highest BCUT2D eigenvalue weighted by Crippen LogP contribution is 2.34. The van der Waals surface area contributed by atoms with Crippen molar-refractivity contribution in [2.24, 2.45) is 0 Å². The van der Waals surface area contributed by atoms with Gasteiger partial charge in [0.25, 0.3) is 0 Å². The molecule has 0 aromatic heterocycles. The Hall–Kier alpha value is -1.46. The number of nitrogens with one attached hydrogen (secondary N) is 1. The predicted molar refractivity (Wildman–Crippen MR) is 81.8 cm³/mol. The summed E-state index contributed by atoms with van der Waals surface area (Å²) in [5, 5.41) is 3.14. The second kappa shape index (κ2) is 7.86. The molecule has 2 nitrogen and oxygen atoms in total. The van der Waals surface area contributed by atoms with Crippen LogP contribution in [0.4, 0.5) is 0 Å². The van der Waals surface area contributed by atoms with Crippen LogP contribution in [0.15, 0.2) is 18.2 Å². The lowest BCUT2D eigenvalue weighted by atomic mass is 9.94. The van der Waals surface area contributed by atoms with Gasteiger partial charge in [-0.05, 0) is 23.0 Å². The number of para-hydroxylation sites is 1. The average molecular weight is 259 g/mol. The van der Waals surface area contributed by atoms with E-state index in [2.05, 4.69) is 57.1 Å². The molecule has 0 aliphatic carbocycles. The molecule has 104 valence electrons. The summed E-state index contributed by atoms with van der Waals surface area (Å²) in [5.41, 5.74) is 2.56. The molecule has 1 aromatic rings. The van der Waals surface area contributed by atoms with Crippen molar-refractivity contribution in [3.63, 3.8) is 0 Å². The number of hydrogen-bond acceptors (Lipinski definition) is 2. The first-order chi connectivity index (χ1) is 9.07. The summed E-state index contributed by atoms with van der Waals surface area (Å²) in [4.78, 5) is 0. The zero-order valence-corrected chi connectivity index (χ0v) is 12.5. The quantitative estimate of drug-likeness (QED) is 0.597. The standard InChI is InChI=1S/C17H25NO/c1-6-10-18-11-12-19-17-15(13(2)3)8-7-9-16(17)14(4)5/h1,7-9,13-14,18H,10-12H2,2-5H3. The summed E-state index contributed by atoms with van der Waals surface area (Å²) in [6.45, 7) is 10.8. The van der Waals surface area contributed by atoms with Crippen molar-refractivity contribution < 1.29 is 4.74 Å². The van der Waals surface area contributed by atoms with Crippen LogP contribution in [0.5, 0.6) is 5.75 Å². The van der Waals surface area contributed by atoms with Gasteiger partial charge < -0.3 is 10.1 Å². The van der Waals surface area contributed by atoms with Crippen LogP contribution in [0.1, 0.15) is 50.7 Å². The van der Waals surface area contributed by atoms with E-state index in [0.29, 0.717) is 25.0 Å². The maximum atomic E-state index is 6.01. The van der Waals surface area contributed by atoms with Gasteiger partial charge in [0.1, 0.15) is 12.4 Å². The second-order valence-electron chi connectivity index (χ2n) is 5.30. The number of benzene rings is 1. The molecular weight excluding hydrogens is 234 g/mol. The summed E-state index contributed by atoms with van der Waals surface area (Å²) >= 11 is 0. The van der Waals surface area contributed by atoms with Crippen LogP contribution < -0.4 is 10.1 Å². The highest BCUT2D eigenvalue weighted by atomic mass is 16.5. The van der Waals surface area contributed by atoms with Crippen LogP contribution in [0.25, 0.3) is 0 Å². The lowest BCUT2D eigenvalue weighted by molar-refractivity contribution is 0.308. The summed E-state index contributed by atoms with van der Waals surface area (Å²) in [5.74, 6) is 4.54. The molecule has 0 fully saturated rings. The lowest BCUT2D eigenvalue weighted by Crippen LogP contribution is -2.21. The van der Waals surface area contributed by atoms with Crippen molar-refractivity contribution in [2.75, 3.05) is 19.7 Å². The van der Waals surface area contributed by atoms with E-state index in [1.54, 1.807) is 0 Å². The van der Waals surface area contributed by atoms with Crippen LogP contribution in [0.3, 0.4) is 0 Å². The smallest absolute Gasteiger partial charge is 0.126 e. The highest BCUT2D eigenvalue weighted by molar-refractivity contribution is 5.44. The van der Waals surface area contributed by atoms with Crippen molar-refractivity contribution >= 4 is 0 Å². The van der Waals surface area contributed by atoms with Crippen molar-refractivity contribution in [3.8, 4) is 18.1 Å². The Labute approximate surface area is 117 Å². The lowest BCUT2D eigenvalue weighted by Gasteiger charge is -2.20. The first kappa shape index (κ1) is 15.6. The van der Waals surface area contributed by atoms with Gasteiger partial charge in [-0.1, -0.05) is 51.8 Å². The molecule has 0 unspecified atom stereocenters. The molecule has 0 amide bonds. The third-order valence-corrected chi connectivity index (χ3v) is 3.07. The summed E-state index contributed by atoms with van der Waals surface area (Å²) in [6.07, 6.45) is 5.20. The number of ether oxygens (including phenoxy) is 1. The molecule has 0 aliphatic rings. The molecule has 1 rings (SSSR count). The fourth-order valence-corrected chi connectivity index (χ4v) is 2.04. The van der Waals surface area contributed by atoms with Gasteiger partial charge in [0.05, 0.1) is 6.54 Å². The fourth-order valence-electron chi connectivity index (χ4n) is 2.04. The third kappa shape index (κ3) is 4.61. The Kier molecular flexibility index (Phi) is 6.45. The molecule has 1 N–H and O–H groups in total. The van der Waals surface area contributed by atoms with Gasteiger partial charge >= 0.3 is 0 Å². The van der Waals surface area contributed by atoms with Gasteiger partial charge in [-0.15, -0.1) is 6.42 Å². The van der Waals surface area contributed by atoms with Crippen LogP contribution >= 0.6 is 0 Å². The monoisotopic (exact) mass is 259 g/mol. The van der Waals surface area contributed by atoms with Crippen molar-refractivity contribution in [2.45, 2.75) is 39.5 Å². The predicted octanol–water partition coefficient (Wildman–Crippen LogP) is 3.54. The van der Waals surface area contributed by atoms with Crippen molar-refractivity contribution in [3.05, 3.63) is 29.3 Å². The van der Waals surface area contributed by atoms with Crippen LogP contribution in [0, 0.1) is 12.3 Å². The Morgan fingerprint density at radius 1 is 1.16 bits per heavy atom. The molecule has 0 aliphatic heterocycles. The van der Waals surface area contributed by atoms with E-state index in [0.717, 1.165) is 12.3 Å². The summed E-state index contributed by atoms with van der Waals surface area (Å²) in [7, 11) is 0. The summed E-state index contributed by atoms with van der Waals surface area (Å²) in [6, 6.07) is 6.43. The molecule has 0 saturated carbocycles. The molecule has 0 atom stereocenters. The number of terminal acetylenes is 1. The van der Waals surface area contributed by atoms with Crippen LogP contribution in [-0.4, -0.2) is 19.7 Å². The first-order valence-electron chi connectivity index (χ1n) is 6.97.